The van der Waals surface area contributed by atoms with Crippen LogP contribution in [-0.4, -0.2) is 42.3 Å². The fraction of sp³-hybridized carbons (Fsp3) is 0.692. The lowest BCUT2D eigenvalue weighted by molar-refractivity contribution is 0.323. The van der Waals surface area contributed by atoms with Gasteiger partial charge in [0.05, 0.1) is 5.25 Å². The number of nitrogens with zero attached hydrogens (tertiary/aromatic N) is 2. The van der Waals surface area contributed by atoms with E-state index in [0.29, 0.717) is 13.0 Å². The van der Waals surface area contributed by atoms with Gasteiger partial charge in [0.2, 0.25) is 10.0 Å². The van der Waals surface area contributed by atoms with Gasteiger partial charge in [-0.3, -0.25) is 4.90 Å². The van der Waals surface area contributed by atoms with Crippen molar-refractivity contribution in [2.45, 2.75) is 38.1 Å². The van der Waals surface area contributed by atoms with E-state index in [1.165, 1.54) is 5.69 Å². The Hall–Kier alpha value is -0.850. The Morgan fingerprint density at radius 3 is 2.79 bits per heavy atom. The first-order chi connectivity index (χ1) is 8.88. The molecule has 5 nitrogen and oxygen atoms in total. The van der Waals surface area contributed by atoms with Gasteiger partial charge in [0.1, 0.15) is 0 Å². The van der Waals surface area contributed by atoms with Gasteiger partial charge in [-0.15, -0.1) is 0 Å². The Labute approximate surface area is 115 Å². The van der Waals surface area contributed by atoms with Crippen LogP contribution in [0.5, 0.6) is 0 Å². The maximum atomic E-state index is 12.1. The topological polar surface area (TPSA) is 54.3 Å². The zero-order valence-corrected chi connectivity index (χ0v) is 12.7. The average molecular weight is 285 g/mol. The fourth-order valence-electron chi connectivity index (χ4n) is 2.51. The molecule has 1 aliphatic heterocycles. The largest absolute Gasteiger partial charge is 0.353 e. The summed E-state index contributed by atoms with van der Waals surface area (Å²) in [5.41, 5.74) is 1.22. The van der Waals surface area contributed by atoms with Crippen molar-refractivity contribution in [1.82, 2.24) is 14.2 Å². The third-order valence-electron chi connectivity index (χ3n) is 3.50. The first-order valence-electron chi connectivity index (χ1n) is 6.72. The van der Waals surface area contributed by atoms with Crippen molar-refractivity contribution in [3.8, 4) is 0 Å². The van der Waals surface area contributed by atoms with E-state index in [9.17, 15) is 8.42 Å². The van der Waals surface area contributed by atoms with Crippen molar-refractivity contribution in [1.29, 1.82) is 0 Å². The first kappa shape index (κ1) is 14.6. The predicted molar refractivity (Wildman–Crippen MR) is 76.3 cm³/mol. The van der Waals surface area contributed by atoms with Crippen molar-refractivity contribution in [2.75, 3.05) is 13.1 Å². The molecule has 0 aliphatic carbocycles. The van der Waals surface area contributed by atoms with E-state index in [1.807, 2.05) is 33.2 Å². The monoisotopic (exact) mass is 285 g/mol. The van der Waals surface area contributed by atoms with E-state index < -0.39 is 10.0 Å². The number of likely N-dealkylation sites (tertiary alicyclic amines) is 1. The molecule has 2 heterocycles. The molecule has 1 atom stereocenters. The van der Waals surface area contributed by atoms with Crippen LogP contribution in [0.3, 0.4) is 0 Å². The summed E-state index contributed by atoms with van der Waals surface area (Å²) in [7, 11) is -1.17. The van der Waals surface area contributed by atoms with Crippen LogP contribution in [-0.2, 0) is 23.6 Å². The summed E-state index contributed by atoms with van der Waals surface area (Å²) >= 11 is 0. The zero-order chi connectivity index (χ0) is 14.0. The second-order valence-electron chi connectivity index (χ2n) is 5.57. The van der Waals surface area contributed by atoms with Gasteiger partial charge in [-0.2, -0.15) is 0 Å². The number of hydrogen-bond acceptors (Lipinski definition) is 3. The summed E-state index contributed by atoms with van der Waals surface area (Å²) in [6, 6.07) is 4.06. The molecular weight excluding hydrogens is 262 g/mol. The molecule has 1 saturated heterocycles. The predicted octanol–water partition coefficient (Wildman–Crippen LogP) is 0.927. The Bertz CT molecular complexity index is 522. The highest BCUT2D eigenvalue weighted by Gasteiger charge is 2.33. The Morgan fingerprint density at radius 1 is 1.47 bits per heavy atom. The second-order valence-corrected chi connectivity index (χ2v) is 7.57. The maximum absolute atomic E-state index is 12.1. The highest BCUT2D eigenvalue weighted by Crippen LogP contribution is 2.19. The van der Waals surface area contributed by atoms with Gasteiger partial charge < -0.3 is 4.57 Å². The summed E-state index contributed by atoms with van der Waals surface area (Å²) in [6.07, 6.45) is 2.73. The molecule has 0 amide bonds. The van der Waals surface area contributed by atoms with Crippen LogP contribution in [0.1, 0.15) is 26.0 Å². The van der Waals surface area contributed by atoms with Crippen LogP contribution in [0, 0.1) is 0 Å². The van der Waals surface area contributed by atoms with Crippen LogP contribution >= 0.6 is 0 Å². The van der Waals surface area contributed by atoms with Gasteiger partial charge in [0, 0.05) is 38.1 Å². The molecule has 1 aromatic heterocycles. The highest BCUT2D eigenvalue weighted by molar-refractivity contribution is 7.90. The minimum absolute atomic E-state index is 0.0353. The minimum Gasteiger partial charge on any atom is -0.353 e. The van der Waals surface area contributed by atoms with Gasteiger partial charge in [0.15, 0.2) is 0 Å². The van der Waals surface area contributed by atoms with Gasteiger partial charge in [-0.25, -0.2) is 13.1 Å². The average Bonchev–Trinajstić information content (AvgIpc) is 2.88. The van der Waals surface area contributed by atoms with E-state index in [0.717, 1.165) is 13.1 Å². The molecule has 108 valence electrons. The zero-order valence-electron chi connectivity index (χ0n) is 11.8. The van der Waals surface area contributed by atoms with Crippen molar-refractivity contribution in [3.63, 3.8) is 0 Å². The van der Waals surface area contributed by atoms with E-state index in [2.05, 4.69) is 20.3 Å². The van der Waals surface area contributed by atoms with Crippen molar-refractivity contribution in [2.24, 2.45) is 7.05 Å². The van der Waals surface area contributed by atoms with Crippen LogP contribution in [0.4, 0.5) is 0 Å². The molecule has 1 aromatic rings. The van der Waals surface area contributed by atoms with E-state index in [4.69, 9.17) is 0 Å². The number of sulfonamides is 1. The van der Waals surface area contributed by atoms with Crippen molar-refractivity contribution >= 4 is 10.0 Å². The molecule has 0 saturated carbocycles. The number of aryl methyl sites for hydroxylation is 1. The molecule has 19 heavy (non-hydrogen) atoms. The lowest BCUT2D eigenvalue weighted by Gasteiger charge is -2.18. The lowest BCUT2D eigenvalue weighted by Crippen LogP contribution is -2.39. The SMILES string of the molecule is CC(C)NS(=O)(=O)C1CCN(Cc2cccn2C)C1. The normalized spacial score (nSPS) is 21.4. The van der Waals surface area contributed by atoms with Crippen molar-refractivity contribution in [3.05, 3.63) is 24.0 Å². The molecule has 0 bridgehead atoms. The summed E-state index contributed by atoms with van der Waals surface area (Å²) in [4.78, 5) is 2.21. The second kappa shape index (κ2) is 5.64. The molecular formula is C13H23N3O2S. The van der Waals surface area contributed by atoms with E-state index in [1.54, 1.807) is 0 Å². The number of nitrogens with one attached hydrogen (secondary N) is 1. The summed E-state index contributed by atoms with van der Waals surface area (Å²) < 4.78 is 29.0. The molecule has 0 spiro atoms. The summed E-state index contributed by atoms with van der Waals surface area (Å²) in [6.45, 7) is 5.99. The first-order valence-corrected chi connectivity index (χ1v) is 8.27. The summed E-state index contributed by atoms with van der Waals surface area (Å²) in [5.74, 6) is 0. The maximum Gasteiger partial charge on any atom is 0.216 e. The van der Waals surface area contributed by atoms with E-state index >= 15 is 0 Å². The number of rotatable bonds is 5. The summed E-state index contributed by atoms with van der Waals surface area (Å²) in [5, 5.41) is -0.282. The molecule has 1 unspecified atom stereocenters. The molecule has 0 radical (unpaired) electrons. The van der Waals surface area contributed by atoms with Crippen molar-refractivity contribution < 1.29 is 8.42 Å². The Balaban J connectivity index is 1.95. The van der Waals surface area contributed by atoms with Crippen LogP contribution in [0.15, 0.2) is 18.3 Å². The standard InChI is InChI=1S/C13H23N3O2S/c1-11(2)14-19(17,18)13-6-8-16(10-13)9-12-5-4-7-15(12)3/h4-5,7,11,13-14H,6,8-10H2,1-3H3. The number of aromatic nitrogens is 1. The van der Waals surface area contributed by atoms with Gasteiger partial charge in [-0.05, 0) is 38.9 Å². The molecule has 2 rings (SSSR count). The van der Waals surface area contributed by atoms with Gasteiger partial charge in [0.25, 0.3) is 0 Å². The highest BCUT2D eigenvalue weighted by atomic mass is 32.2. The third kappa shape index (κ3) is 3.58. The molecule has 1 fully saturated rings. The van der Waals surface area contributed by atoms with Crippen LogP contribution < -0.4 is 4.72 Å². The fourth-order valence-corrected chi connectivity index (χ4v) is 4.18. The minimum atomic E-state index is -3.18. The van der Waals surface area contributed by atoms with Gasteiger partial charge >= 0.3 is 0 Å². The molecule has 1 aliphatic rings. The van der Waals surface area contributed by atoms with Crippen LogP contribution in [0.2, 0.25) is 0 Å². The molecule has 6 heteroatoms. The Kier molecular flexibility index (Phi) is 4.32. The smallest absolute Gasteiger partial charge is 0.216 e. The lowest BCUT2D eigenvalue weighted by atomic mass is 10.4. The third-order valence-corrected chi connectivity index (χ3v) is 5.57. The molecule has 0 aromatic carbocycles. The number of hydrogen-bond donors (Lipinski definition) is 1. The Morgan fingerprint density at radius 2 is 2.21 bits per heavy atom. The quantitative estimate of drug-likeness (QED) is 0.875. The van der Waals surface area contributed by atoms with E-state index in [-0.39, 0.29) is 11.3 Å². The van der Waals surface area contributed by atoms with Crippen LogP contribution in [0.25, 0.3) is 0 Å². The molecule has 1 N–H and O–H groups in total. The van der Waals surface area contributed by atoms with Gasteiger partial charge in [-0.1, -0.05) is 0 Å².